The molecule has 1 aromatic heterocycles. The summed E-state index contributed by atoms with van der Waals surface area (Å²) in [6.07, 6.45) is 7.21. The minimum Gasteiger partial charge on any atom is -0.378 e. The van der Waals surface area contributed by atoms with Gasteiger partial charge >= 0.3 is 0 Å². The zero-order chi connectivity index (χ0) is 19.6. The van der Waals surface area contributed by atoms with Crippen LogP contribution in [0.3, 0.4) is 0 Å². The number of hydrogen-bond donors (Lipinski definition) is 2. The van der Waals surface area contributed by atoms with Crippen LogP contribution in [0.25, 0.3) is 10.9 Å². The SMILES string of the molecule is O=c1[nH]cnc2cc(NCC3(N4CCSCC4)CCCCC3)c([N+](=O)[O-])cc12. The fourth-order valence-electron chi connectivity index (χ4n) is 4.51. The molecule has 2 N–H and O–H groups in total. The summed E-state index contributed by atoms with van der Waals surface area (Å²) in [6.45, 7) is 2.82. The summed E-state index contributed by atoms with van der Waals surface area (Å²) >= 11 is 1.99. The molecule has 1 aliphatic carbocycles. The molecule has 0 spiro atoms. The second kappa shape index (κ2) is 8.08. The van der Waals surface area contributed by atoms with Gasteiger partial charge in [0.25, 0.3) is 11.2 Å². The molecule has 28 heavy (non-hydrogen) atoms. The zero-order valence-corrected chi connectivity index (χ0v) is 16.6. The van der Waals surface area contributed by atoms with E-state index in [4.69, 9.17) is 0 Å². The number of benzene rings is 1. The van der Waals surface area contributed by atoms with E-state index in [1.165, 1.54) is 31.7 Å². The number of thioether (sulfide) groups is 1. The van der Waals surface area contributed by atoms with Crippen molar-refractivity contribution in [2.45, 2.75) is 37.6 Å². The molecule has 0 radical (unpaired) electrons. The van der Waals surface area contributed by atoms with Crippen LogP contribution in [0.2, 0.25) is 0 Å². The Morgan fingerprint density at radius 3 is 2.71 bits per heavy atom. The molecule has 150 valence electrons. The lowest BCUT2D eigenvalue weighted by Crippen LogP contribution is -2.57. The van der Waals surface area contributed by atoms with Crippen molar-refractivity contribution in [3.05, 3.63) is 38.9 Å². The molecule has 2 aromatic rings. The standard InChI is InChI=1S/C19H25N5O3S/c25-18-14-10-17(24(26)27)16(11-15(14)21-13-22-18)20-12-19(4-2-1-3-5-19)23-6-8-28-9-7-23/h10-11,13,20H,1-9,12H2,(H,21,22,25). The summed E-state index contributed by atoms with van der Waals surface area (Å²) in [4.78, 5) is 32.4. The van der Waals surface area contributed by atoms with Gasteiger partial charge < -0.3 is 10.3 Å². The molecular weight excluding hydrogens is 378 g/mol. The highest BCUT2D eigenvalue weighted by Crippen LogP contribution is 2.37. The molecule has 0 atom stereocenters. The van der Waals surface area contributed by atoms with Crippen LogP contribution in [0.15, 0.2) is 23.3 Å². The van der Waals surface area contributed by atoms with Gasteiger partial charge in [-0.05, 0) is 18.9 Å². The number of anilines is 1. The molecule has 1 aromatic carbocycles. The number of nitro benzene ring substituents is 1. The number of rotatable bonds is 5. The zero-order valence-electron chi connectivity index (χ0n) is 15.8. The lowest BCUT2D eigenvalue weighted by molar-refractivity contribution is -0.383. The van der Waals surface area contributed by atoms with Crippen LogP contribution >= 0.6 is 11.8 Å². The van der Waals surface area contributed by atoms with Gasteiger partial charge in [0.05, 0.1) is 22.2 Å². The number of aromatic amines is 1. The van der Waals surface area contributed by atoms with Crippen molar-refractivity contribution in [2.24, 2.45) is 0 Å². The number of fused-ring (bicyclic) bond motifs is 1. The highest BCUT2D eigenvalue weighted by atomic mass is 32.2. The Bertz CT molecular complexity index is 919. The maximum atomic E-state index is 12.0. The van der Waals surface area contributed by atoms with Gasteiger partial charge in [-0.25, -0.2) is 4.98 Å². The highest BCUT2D eigenvalue weighted by Gasteiger charge is 2.38. The van der Waals surface area contributed by atoms with Gasteiger partial charge in [0.2, 0.25) is 0 Å². The number of hydrogen-bond acceptors (Lipinski definition) is 7. The van der Waals surface area contributed by atoms with Gasteiger partial charge in [-0.15, -0.1) is 0 Å². The smallest absolute Gasteiger partial charge is 0.293 e. The third-order valence-corrected chi connectivity index (χ3v) is 6.97. The molecule has 4 rings (SSSR count). The first kappa shape index (κ1) is 19.2. The Balaban J connectivity index is 1.65. The first-order chi connectivity index (χ1) is 13.6. The Morgan fingerprint density at radius 2 is 2.00 bits per heavy atom. The molecule has 1 saturated carbocycles. The molecule has 0 bridgehead atoms. The predicted molar refractivity (Wildman–Crippen MR) is 112 cm³/mol. The molecule has 1 saturated heterocycles. The predicted octanol–water partition coefficient (Wildman–Crippen LogP) is 2.99. The summed E-state index contributed by atoms with van der Waals surface area (Å²) in [6, 6.07) is 2.96. The lowest BCUT2D eigenvalue weighted by atomic mass is 9.80. The second-order valence-electron chi connectivity index (χ2n) is 7.61. The van der Waals surface area contributed by atoms with Crippen LogP contribution < -0.4 is 10.9 Å². The van der Waals surface area contributed by atoms with Crippen LogP contribution in [0.4, 0.5) is 11.4 Å². The molecule has 2 heterocycles. The van der Waals surface area contributed by atoms with Gasteiger partial charge in [-0.1, -0.05) is 19.3 Å². The summed E-state index contributed by atoms with van der Waals surface area (Å²) in [5.74, 6) is 2.29. The van der Waals surface area contributed by atoms with Gasteiger partial charge in [-0.2, -0.15) is 11.8 Å². The minimum atomic E-state index is -0.431. The number of nitrogens with one attached hydrogen (secondary N) is 2. The fraction of sp³-hybridized carbons (Fsp3) is 0.579. The Morgan fingerprint density at radius 1 is 1.25 bits per heavy atom. The van der Waals surface area contributed by atoms with E-state index < -0.39 is 4.92 Å². The quantitative estimate of drug-likeness (QED) is 0.584. The van der Waals surface area contributed by atoms with Crippen molar-refractivity contribution in [1.29, 1.82) is 0 Å². The van der Waals surface area contributed by atoms with Gasteiger partial charge in [-0.3, -0.25) is 19.8 Å². The van der Waals surface area contributed by atoms with E-state index in [1.54, 1.807) is 6.07 Å². The topological polar surface area (TPSA) is 104 Å². The maximum Gasteiger partial charge on any atom is 0.293 e. The van der Waals surface area contributed by atoms with Crippen molar-refractivity contribution in [1.82, 2.24) is 14.9 Å². The molecule has 0 unspecified atom stereocenters. The van der Waals surface area contributed by atoms with Crippen molar-refractivity contribution in [2.75, 3.05) is 36.5 Å². The average molecular weight is 404 g/mol. The van der Waals surface area contributed by atoms with E-state index in [-0.39, 0.29) is 22.2 Å². The normalized spacial score (nSPS) is 20.1. The monoisotopic (exact) mass is 403 g/mol. The summed E-state index contributed by atoms with van der Waals surface area (Å²) in [5.41, 5.74) is 0.500. The van der Waals surface area contributed by atoms with Crippen molar-refractivity contribution >= 4 is 34.0 Å². The van der Waals surface area contributed by atoms with E-state index in [0.717, 1.165) is 37.4 Å². The van der Waals surface area contributed by atoms with Crippen LogP contribution in [0, 0.1) is 10.1 Å². The summed E-state index contributed by atoms with van der Waals surface area (Å²) < 4.78 is 0. The van der Waals surface area contributed by atoms with Crippen molar-refractivity contribution in [3.63, 3.8) is 0 Å². The first-order valence-corrected chi connectivity index (χ1v) is 11.0. The largest absolute Gasteiger partial charge is 0.378 e. The first-order valence-electron chi connectivity index (χ1n) is 9.82. The molecule has 8 nitrogen and oxygen atoms in total. The van der Waals surface area contributed by atoms with E-state index in [9.17, 15) is 14.9 Å². The molecular formula is C19H25N5O3S. The average Bonchev–Trinajstić information content (AvgIpc) is 2.73. The van der Waals surface area contributed by atoms with Gasteiger partial charge in [0, 0.05) is 42.7 Å². The van der Waals surface area contributed by atoms with Crippen LogP contribution in [0.5, 0.6) is 0 Å². The lowest BCUT2D eigenvalue weighted by Gasteiger charge is -2.48. The van der Waals surface area contributed by atoms with E-state index in [0.29, 0.717) is 17.7 Å². The number of nitrogens with zero attached hydrogens (tertiary/aromatic N) is 3. The number of nitro groups is 1. The van der Waals surface area contributed by atoms with Crippen LogP contribution in [-0.2, 0) is 0 Å². The minimum absolute atomic E-state index is 0.0453. The third kappa shape index (κ3) is 3.73. The van der Waals surface area contributed by atoms with Gasteiger partial charge in [0.15, 0.2) is 0 Å². The van der Waals surface area contributed by atoms with Crippen LogP contribution in [0.1, 0.15) is 32.1 Å². The summed E-state index contributed by atoms with van der Waals surface area (Å²) in [7, 11) is 0. The van der Waals surface area contributed by atoms with E-state index in [1.807, 2.05) is 11.8 Å². The van der Waals surface area contributed by atoms with E-state index in [2.05, 4.69) is 20.2 Å². The molecule has 1 aliphatic heterocycles. The Labute approximate surface area is 167 Å². The van der Waals surface area contributed by atoms with Crippen molar-refractivity contribution in [3.8, 4) is 0 Å². The fourth-order valence-corrected chi connectivity index (χ4v) is 5.41. The Kier molecular flexibility index (Phi) is 5.54. The highest BCUT2D eigenvalue weighted by molar-refractivity contribution is 7.99. The summed E-state index contributed by atoms with van der Waals surface area (Å²) in [5, 5.41) is 15.2. The van der Waals surface area contributed by atoms with Gasteiger partial charge in [0.1, 0.15) is 5.69 Å². The molecule has 2 aliphatic rings. The number of aromatic nitrogens is 2. The second-order valence-corrected chi connectivity index (χ2v) is 8.84. The van der Waals surface area contributed by atoms with Crippen molar-refractivity contribution < 1.29 is 4.92 Å². The molecule has 0 amide bonds. The Hall–Kier alpha value is -2.13. The van der Waals surface area contributed by atoms with E-state index >= 15 is 0 Å². The number of H-pyrrole nitrogens is 1. The maximum absolute atomic E-state index is 12.0. The van der Waals surface area contributed by atoms with Crippen LogP contribution in [-0.4, -0.2) is 56.5 Å². The molecule has 2 fully saturated rings. The molecule has 9 heteroatoms. The third-order valence-electron chi connectivity index (χ3n) is 6.03.